The molecule has 0 fully saturated rings. The van der Waals surface area contributed by atoms with Gasteiger partial charge >= 0.3 is 0 Å². The highest BCUT2D eigenvalue weighted by molar-refractivity contribution is 5.64. The number of hydrogen-bond acceptors (Lipinski definition) is 2. The molecule has 0 bridgehead atoms. The van der Waals surface area contributed by atoms with E-state index in [2.05, 4.69) is 4.98 Å². The van der Waals surface area contributed by atoms with Crippen LogP contribution in [-0.4, -0.2) is 4.98 Å². The molecule has 0 amide bonds. The molecule has 0 atom stereocenters. The lowest BCUT2D eigenvalue weighted by Gasteiger charge is -2.06. The van der Waals surface area contributed by atoms with E-state index >= 15 is 0 Å². The summed E-state index contributed by atoms with van der Waals surface area (Å²) in [5.74, 6) is -0.506. The van der Waals surface area contributed by atoms with Crippen molar-refractivity contribution in [3.8, 4) is 17.3 Å². The maximum atomic E-state index is 13.5. The molecule has 0 aliphatic heterocycles. The quantitative estimate of drug-likeness (QED) is 0.728. The molecule has 3 heteroatoms. The molecule has 16 heavy (non-hydrogen) atoms. The number of rotatable bonds is 1. The van der Waals surface area contributed by atoms with Crippen molar-refractivity contribution < 1.29 is 4.39 Å². The molecule has 0 radical (unpaired) electrons. The SMILES string of the molecule is Cc1cc(C#N)c(F)cc1-c1ccccn1. The molecule has 1 aromatic carbocycles. The Morgan fingerprint density at radius 2 is 2.12 bits per heavy atom. The van der Waals surface area contributed by atoms with E-state index in [1.165, 1.54) is 6.07 Å². The Morgan fingerprint density at radius 1 is 1.31 bits per heavy atom. The third-order valence-corrected chi connectivity index (χ3v) is 2.38. The number of benzene rings is 1. The van der Waals surface area contributed by atoms with Crippen molar-refractivity contribution in [2.45, 2.75) is 6.92 Å². The minimum absolute atomic E-state index is 0.0668. The third-order valence-electron chi connectivity index (χ3n) is 2.38. The van der Waals surface area contributed by atoms with E-state index < -0.39 is 5.82 Å². The van der Waals surface area contributed by atoms with Gasteiger partial charge in [-0.15, -0.1) is 0 Å². The van der Waals surface area contributed by atoms with Crippen LogP contribution in [0.25, 0.3) is 11.3 Å². The molecule has 78 valence electrons. The molecule has 0 N–H and O–H groups in total. The van der Waals surface area contributed by atoms with Crippen molar-refractivity contribution >= 4 is 0 Å². The van der Waals surface area contributed by atoms with E-state index in [0.29, 0.717) is 5.69 Å². The van der Waals surface area contributed by atoms with Gasteiger partial charge in [-0.05, 0) is 36.8 Å². The van der Waals surface area contributed by atoms with Crippen LogP contribution in [0.15, 0.2) is 36.5 Å². The first-order valence-electron chi connectivity index (χ1n) is 4.84. The van der Waals surface area contributed by atoms with Crippen LogP contribution in [-0.2, 0) is 0 Å². The van der Waals surface area contributed by atoms with Crippen LogP contribution in [0.3, 0.4) is 0 Å². The van der Waals surface area contributed by atoms with Gasteiger partial charge in [0.15, 0.2) is 0 Å². The number of nitrogens with zero attached hydrogens (tertiary/aromatic N) is 2. The topological polar surface area (TPSA) is 36.7 Å². The Kier molecular flexibility index (Phi) is 2.65. The second-order valence-electron chi connectivity index (χ2n) is 3.47. The number of pyridine rings is 1. The normalized spacial score (nSPS) is 9.81. The van der Waals surface area contributed by atoms with Crippen LogP contribution in [0.4, 0.5) is 4.39 Å². The summed E-state index contributed by atoms with van der Waals surface area (Å²) in [6.07, 6.45) is 1.66. The van der Waals surface area contributed by atoms with Gasteiger partial charge < -0.3 is 0 Å². The van der Waals surface area contributed by atoms with E-state index in [1.807, 2.05) is 25.1 Å². The maximum Gasteiger partial charge on any atom is 0.141 e. The van der Waals surface area contributed by atoms with E-state index in [-0.39, 0.29) is 5.56 Å². The number of nitriles is 1. The van der Waals surface area contributed by atoms with E-state index in [9.17, 15) is 4.39 Å². The lowest BCUT2D eigenvalue weighted by atomic mass is 10.0. The van der Waals surface area contributed by atoms with Crippen LogP contribution >= 0.6 is 0 Å². The van der Waals surface area contributed by atoms with Crippen molar-refractivity contribution in [1.82, 2.24) is 4.98 Å². The summed E-state index contributed by atoms with van der Waals surface area (Å²) in [5, 5.41) is 8.70. The third kappa shape index (κ3) is 1.78. The zero-order chi connectivity index (χ0) is 11.5. The second kappa shape index (κ2) is 4.11. The number of aryl methyl sites for hydroxylation is 1. The molecule has 0 spiro atoms. The van der Waals surface area contributed by atoms with Gasteiger partial charge in [-0.1, -0.05) is 6.07 Å². The summed E-state index contributed by atoms with van der Waals surface area (Å²) in [6, 6.07) is 10.2. The minimum Gasteiger partial charge on any atom is -0.256 e. The fourth-order valence-electron chi connectivity index (χ4n) is 1.57. The van der Waals surface area contributed by atoms with Crippen molar-refractivity contribution in [2.75, 3.05) is 0 Å². The van der Waals surface area contributed by atoms with Crippen LogP contribution in [0, 0.1) is 24.1 Å². The fourth-order valence-corrected chi connectivity index (χ4v) is 1.57. The lowest BCUT2D eigenvalue weighted by molar-refractivity contribution is 0.624. The minimum atomic E-state index is -0.506. The number of halogens is 1. The summed E-state index contributed by atoms with van der Waals surface area (Å²) in [4.78, 5) is 4.16. The smallest absolute Gasteiger partial charge is 0.141 e. The summed E-state index contributed by atoms with van der Waals surface area (Å²) in [5.41, 5.74) is 2.34. The largest absolute Gasteiger partial charge is 0.256 e. The number of aromatic nitrogens is 1. The van der Waals surface area contributed by atoms with Crippen LogP contribution in [0.2, 0.25) is 0 Å². The van der Waals surface area contributed by atoms with Gasteiger partial charge in [0, 0.05) is 11.8 Å². The van der Waals surface area contributed by atoms with Crippen LogP contribution in [0.5, 0.6) is 0 Å². The van der Waals surface area contributed by atoms with Crippen molar-refractivity contribution in [1.29, 1.82) is 5.26 Å². The zero-order valence-corrected chi connectivity index (χ0v) is 8.74. The van der Waals surface area contributed by atoms with E-state index in [0.717, 1.165) is 11.1 Å². The summed E-state index contributed by atoms with van der Waals surface area (Å²) in [7, 11) is 0. The molecule has 0 saturated carbocycles. The van der Waals surface area contributed by atoms with Crippen LogP contribution in [0.1, 0.15) is 11.1 Å². The van der Waals surface area contributed by atoms with Gasteiger partial charge in [0.25, 0.3) is 0 Å². The summed E-state index contributed by atoms with van der Waals surface area (Å²) >= 11 is 0. The molecule has 0 unspecified atom stereocenters. The van der Waals surface area contributed by atoms with Gasteiger partial charge in [-0.3, -0.25) is 4.98 Å². The fraction of sp³-hybridized carbons (Fsp3) is 0.0769. The Morgan fingerprint density at radius 3 is 2.75 bits per heavy atom. The predicted molar refractivity (Wildman–Crippen MR) is 59.1 cm³/mol. The van der Waals surface area contributed by atoms with E-state index in [1.54, 1.807) is 18.3 Å². The average molecular weight is 212 g/mol. The number of hydrogen-bond donors (Lipinski definition) is 0. The molecule has 0 aliphatic rings. The molecule has 0 saturated heterocycles. The molecular weight excluding hydrogens is 203 g/mol. The Labute approximate surface area is 93.0 Å². The molecule has 2 nitrogen and oxygen atoms in total. The molecule has 1 aromatic heterocycles. The van der Waals surface area contributed by atoms with Crippen molar-refractivity contribution in [3.05, 3.63) is 53.5 Å². The first kappa shape index (κ1) is 10.3. The van der Waals surface area contributed by atoms with Gasteiger partial charge in [0.05, 0.1) is 11.3 Å². The van der Waals surface area contributed by atoms with Crippen molar-refractivity contribution in [2.24, 2.45) is 0 Å². The summed E-state index contributed by atoms with van der Waals surface area (Å²) in [6.45, 7) is 1.84. The van der Waals surface area contributed by atoms with Gasteiger partial charge in [-0.2, -0.15) is 5.26 Å². The summed E-state index contributed by atoms with van der Waals surface area (Å²) < 4.78 is 13.5. The van der Waals surface area contributed by atoms with Crippen molar-refractivity contribution in [3.63, 3.8) is 0 Å². The maximum absolute atomic E-state index is 13.5. The standard InChI is InChI=1S/C13H9FN2/c1-9-6-10(8-15)12(14)7-11(9)13-4-2-3-5-16-13/h2-7H,1H3. The lowest BCUT2D eigenvalue weighted by Crippen LogP contribution is -1.91. The molecular formula is C13H9FN2. The molecule has 2 aromatic rings. The zero-order valence-electron chi connectivity index (χ0n) is 8.74. The Balaban J connectivity index is 2.60. The molecule has 2 rings (SSSR count). The highest BCUT2D eigenvalue weighted by Gasteiger charge is 2.08. The molecule has 1 heterocycles. The van der Waals surface area contributed by atoms with Crippen LogP contribution < -0.4 is 0 Å². The monoisotopic (exact) mass is 212 g/mol. The first-order valence-corrected chi connectivity index (χ1v) is 4.84. The van der Waals surface area contributed by atoms with Gasteiger partial charge in [0.1, 0.15) is 11.9 Å². The van der Waals surface area contributed by atoms with Gasteiger partial charge in [0.2, 0.25) is 0 Å². The first-order chi connectivity index (χ1) is 7.72. The highest BCUT2D eigenvalue weighted by atomic mass is 19.1. The van der Waals surface area contributed by atoms with E-state index in [4.69, 9.17) is 5.26 Å². The predicted octanol–water partition coefficient (Wildman–Crippen LogP) is 3.07. The average Bonchev–Trinajstić information content (AvgIpc) is 2.32. The second-order valence-corrected chi connectivity index (χ2v) is 3.47. The highest BCUT2D eigenvalue weighted by Crippen LogP contribution is 2.23. The Bertz CT molecular complexity index is 556. The Hall–Kier alpha value is -2.21. The van der Waals surface area contributed by atoms with Gasteiger partial charge in [-0.25, -0.2) is 4.39 Å². The molecule has 0 aliphatic carbocycles.